The second-order valence-corrected chi connectivity index (χ2v) is 5.66. The van der Waals surface area contributed by atoms with Crippen LogP contribution in [0.3, 0.4) is 0 Å². The number of piperidine rings is 1. The zero-order valence-corrected chi connectivity index (χ0v) is 12.7. The molecule has 3 unspecified atom stereocenters. The van der Waals surface area contributed by atoms with Crippen LogP contribution in [0.2, 0.25) is 0 Å². The molecule has 0 aliphatic carbocycles. The third-order valence-corrected chi connectivity index (χ3v) is 4.06. The van der Waals surface area contributed by atoms with Crippen LogP contribution in [0, 0.1) is 0 Å². The van der Waals surface area contributed by atoms with Crippen LogP contribution in [0.15, 0.2) is 0 Å². The van der Waals surface area contributed by atoms with Crippen molar-refractivity contribution in [3.05, 3.63) is 0 Å². The topological polar surface area (TPSA) is 24.5 Å². The van der Waals surface area contributed by atoms with Gasteiger partial charge in [-0.1, -0.05) is 20.3 Å². The fourth-order valence-corrected chi connectivity index (χ4v) is 3.14. The zero-order chi connectivity index (χ0) is 13.4. The van der Waals surface area contributed by atoms with Crippen molar-refractivity contribution in [2.75, 3.05) is 26.8 Å². The molecule has 1 N–H and O–H groups in total. The van der Waals surface area contributed by atoms with Crippen molar-refractivity contribution < 1.29 is 4.74 Å². The molecule has 1 aliphatic heterocycles. The van der Waals surface area contributed by atoms with Crippen molar-refractivity contribution in [3.8, 4) is 0 Å². The molecule has 18 heavy (non-hydrogen) atoms. The summed E-state index contributed by atoms with van der Waals surface area (Å²) in [4.78, 5) is 2.66. The molecule has 0 aromatic heterocycles. The van der Waals surface area contributed by atoms with Crippen molar-refractivity contribution in [3.63, 3.8) is 0 Å². The summed E-state index contributed by atoms with van der Waals surface area (Å²) >= 11 is 0. The number of likely N-dealkylation sites (tertiary alicyclic amines) is 1. The maximum absolute atomic E-state index is 5.39. The number of hydrogen-bond acceptors (Lipinski definition) is 3. The lowest BCUT2D eigenvalue weighted by Crippen LogP contribution is -2.52. The average Bonchev–Trinajstić information content (AvgIpc) is 2.36. The number of nitrogens with one attached hydrogen (secondary N) is 1. The van der Waals surface area contributed by atoms with Crippen molar-refractivity contribution in [2.24, 2.45) is 0 Å². The van der Waals surface area contributed by atoms with Crippen LogP contribution in [0.25, 0.3) is 0 Å². The van der Waals surface area contributed by atoms with E-state index in [9.17, 15) is 0 Å². The van der Waals surface area contributed by atoms with Gasteiger partial charge in [0.15, 0.2) is 0 Å². The highest BCUT2D eigenvalue weighted by Crippen LogP contribution is 2.22. The smallest absolute Gasteiger partial charge is 0.0618 e. The van der Waals surface area contributed by atoms with E-state index in [0.717, 1.165) is 19.2 Å². The van der Waals surface area contributed by atoms with E-state index in [1.54, 1.807) is 0 Å². The van der Waals surface area contributed by atoms with Crippen LogP contribution < -0.4 is 5.32 Å². The molecule has 0 aromatic rings. The summed E-state index contributed by atoms with van der Waals surface area (Å²) in [6, 6.07) is 2.02. The highest BCUT2D eigenvalue weighted by Gasteiger charge is 2.29. The highest BCUT2D eigenvalue weighted by molar-refractivity contribution is 4.86. The van der Waals surface area contributed by atoms with E-state index in [-0.39, 0.29) is 0 Å². The van der Waals surface area contributed by atoms with E-state index in [2.05, 4.69) is 31.0 Å². The van der Waals surface area contributed by atoms with Gasteiger partial charge in [0, 0.05) is 31.8 Å². The lowest BCUT2D eigenvalue weighted by atomic mass is 9.95. The van der Waals surface area contributed by atoms with Gasteiger partial charge in [0.2, 0.25) is 0 Å². The van der Waals surface area contributed by atoms with Gasteiger partial charge in [-0.2, -0.15) is 0 Å². The molecule has 108 valence electrons. The fourth-order valence-electron chi connectivity index (χ4n) is 3.14. The SMILES string of the molecule is CCCNC1CCN(C(CCC)COC)C(C)C1. The van der Waals surface area contributed by atoms with Gasteiger partial charge in [-0.25, -0.2) is 0 Å². The maximum atomic E-state index is 5.39. The minimum Gasteiger partial charge on any atom is -0.383 e. The predicted molar refractivity (Wildman–Crippen MR) is 78.1 cm³/mol. The summed E-state index contributed by atoms with van der Waals surface area (Å²) < 4.78 is 5.39. The summed E-state index contributed by atoms with van der Waals surface area (Å²) in [5.74, 6) is 0. The van der Waals surface area contributed by atoms with Crippen molar-refractivity contribution in [1.29, 1.82) is 0 Å². The third-order valence-electron chi connectivity index (χ3n) is 4.06. The van der Waals surface area contributed by atoms with Crippen molar-refractivity contribution in [2.45, 2.75) is 71.0 Å². The molecule has 1 fully saturated rings. The Hall–Kier alpha value is -0.120. The second-order valence-electron chi connectivity index (χ2n) is 5.66. The van der Waals surface area contributed by atoms with Gasteiger partial charge in [-0.3, -0.25) is 4.90 Å². The molecular weight excluding hydrogens is 224 g/mol. The first kappa shape index (κ1) is 15.9. The van der Waals surface area contributed by atoms with E-state index >= 15 is 0 Å². The largest absolute Gasteiger partial charge is 0.383 e. The minimum atomic E-state index is 0.613. The van der Waals surface area contributed by atoms with Gasteiger partial charge in [0.05, 0.1) is 6.61 Å². The van der Waals surface area contributed by atoms with E-state index in [0.29, 0.717) is 12.1 Å². The highest BCUT2D eigenvalue weighted by atomic mass is 16.5. The first-order valence-corrected chi connectivity index (χ1v) is 7.70. The van der Waals surface area contributed by atoms with E-state index < -0.39 is 0 Å². The van der Waals surface area contributed by atoms with Gasteiger partial charge >= 0.3 is 0 Å². The summed E-state index contributed by atoms with van der Waals surface area (Å²) in [5, 5.41) is 3.67. The van der Waals surface area contributed by atoms with Crippen LogP contribution in [-0.2, 0) is 4.74 Å². The Bertz CT molecular complexity index is 205. The Kier molecular flexibility index (Phi) is 7.87. The number of ether oxygens (including phenoxy) is 1. The Morgan fingerprint density at radius 1 is 1.33 bits per heavy atom. The number of nitrogens with zero attached hydrogens (tertiary/aromatic N) is 1. The molecule has 3 atom stereocenters. The molecule has 0 amide bonds. The average molecular weight is 256 g/mol. The maximum Gasteiger partial charge on any atom is 0.0618 e. The van der Waals surface area contributed by atoms with Crippen LogP contribution >= 0.6 is 0 Å². The van der Waals surface area contributed by atoms with Gasteiger partial charge < -0.3 is 10.1 Å². The van der Waals surface area contributed by atoms with E-state index in [1.165, 1.54) is 38.6 Å². The molecule has 0 aromatic carbocycles. The van der Waals surface area contributed by atoms with Crippen LogP contribution in [0.1, 0.15) is 52.9 Å². The third kappa shape index (κ3) is 4.87. The molecule has 3 nitrogen and oxygen atoms in total. The first-order chi connectivity index (χ1) is 8.72. The van der Waals surface area contributed by atoms with Gasteiger partial charge in [0.25, 0.3) is 0 Å². The Morgan fingerprint density at radius 2 is 2.11 bits per heavy atom. The van der Waals surface area contributed by atoms with E-state index in [1.807, 2.05) is 7.11 Å². The van der Waals surface area contributed by atoms with Gasteiger partial charge in [-0.15, -0.1) is 0 Å². The van der Waals surface area contributed by atoms with Crippen molar-refractivity contribution >= 4 is 0 Å². The first-order valence-electron chi connectivity index (χ1n) is 7.70. The summed E-state index contributed by atoms with van der Waals surface area (Å²) in [6.07, 6.45) is 6.30. The molecule has 0 radical (unpaired) electrons. The number of rotatable bonds is 8. The Morgan fingerprint density at radius 3 is 2.67 bits per heavy atom. The van der Waals surface area contributed by atoms with Crippen LogP contribution in [0.4, 0.5) is 0 Å². The summed E-state index contributed by atoms with van der Waals surface area (Å²) in [5.41, 5.74) is 0. The summed E-state index contributed by atoms with van der Waals surface area (Å²) in [6.45, 7) is 10.1. The lowest BCUT2D eigenvalue weighted by molar-refractivity contribution is 0.0334. The van der Waals surface area contributed by atoms with Gasteiger partial charge in [-0.05, 0) is 39.2 Å². The molecular formula is C15H32N2O. The molecule has 0 bridgehead atoms. The Balaban J connectivity index is 2.43. The molecule has 1 saturated heterocycles. The monoisotopic (exact) mass is 256 g/mol. The number of hydrogen-bond donors (Lipinski definition) is 1. The normalized spacial score (nSPS) is 27.3. The lowest BCUT2D eigenvalue weighted by Gasteiger charge is -2.42. The molecule has 0 spiro atoms. The van der Waals surface area contributed by atoms with Crippen LogP contribution in [-0.4, -0.2) is 49.8 Å². The predicted octanol–water partition coefficient (Wildman–Crippen LogP) is 2.65. The quantitative estimate of drug-likeness (QED) is 0.722. The van der Waals surface area contributed by atoms with E-state index in [4.69, 9.17) is 4.74 Å². The molecule has 3 heteroatoms. The Labute approximate surface area is 113 Å². The molecule has 1 aliphatic rings. The fraction of sp³-hybridized carbons (Fsp3) is 1.00. The van der Waals surface area contributed by atoms with Gasteiger partial charge in [0.1, 0.15) is 0 Å². The molecule has 1 heterocycles. The number of methoxy groups -OCH3 is 1. The minimum absolute atomic E-state index is 0.613. The zero-order valence-electron chi connectivity index (χ0n) is 12.7. The van der Waals surface area contributed by atoms with Crippen molar-refractivity contribution in [1.82, 2.24) is 10.2 Å². The standard InChI is InChI=1S/C15H32N2O/c1-5-7-15(12-18-4)17-10-8-14(11-13(17)3)16-9-6-2/h13-16H,5-12H2,1-4H3. The second kappa shape index (κ2) is 8.89. The summed E-state index contributed by atoms with van der Waals surface area (Å²) in [7, 11) is 1.82. The molecule has 0 saturated carbocycles. The van der Waals surface area contributed by atoms with Crippen LogP contribution in [0.5, 0.6) is 0 Å². The molecule has 1 rings (SSSR count).